The van der Waals surface area contributed by atoms with Gasteiger partial charge in [0.15, 0.2) is 0 Å². The first-order valence-corrected chi connectivity index (χ1v) is 8.36. The van der Waals surface area contributed by atoms with Gasteiger partial charge in [-0.05, 0) is 31.9 Å². The Morgan fingerprint density at radius 3 is 2.83 bits per heavy atom. The molecule has 0 aliphatic rings. The van der Waals surface area contributed by atoms with Crippen molar-refractivity contribution in [2.75, 3.05) is 14.2 Å². The van der Waals surface area contributed by atoms with Crippen molar-refractivity contribution in [2.45, 2.75) is 32.9 Å². The van der Waals surface area contributed by atoms with Gasteiger partial charge >= 0.3 is 6.03 Å². The number of benzene rings is 1. The number of likely N-dealkylation sites (N-methyl/N-ethyl adjacent to an activating group) is 1. The molecule has 1 aromatic carbocycles. The van der Waals surface area contributed by atoms with Crippen molar-refractivity contribution in [1.29, 1.82) is 0 Å². The Morgan fingerprint density at radius 1 is 1.43 bits per heavy atom. The van der Waals surface area contributed by atoms with Crippen molar-refractivity contribution in [3.63, 3.8) is 0 Å². The SMILES string of the molecule is COc1ccccc1CC(C)N(C)C(=O)NCc1cnc(C)s1. The Morgan fingerprint density at radius 2 is 2.17 bits per heavy atom. The number of nitrogens with one attached hydrogen (secondary N) is 1. The molecule has 0 aliphatic carbocycles. The van der Waals surface area contributed by atoms with Crippen LogP contribution in [0.25, 0.3) is 0 Å². The van der Waals surface area contributed by atoms with Crippen LogP contribution in [0.1, 0.15) is 22.4 Å². The monoisotopic (exact) mass is 333 g/mol. The number of urea groups is 1. The lowest BCUT2D eigenvalue weighted by Gasteiger charge is -2.25. The molecule has 0 aliphatic heterocycles. The highest BCUT2D eigenvalue weighted by atomic mass is 32.1. The number of aryl methyl sites for hydroxylation is 1. The average Bonchev–Trinajstić information content (AvgIpc) is 2.97. The second kappa shape index (κ2) is 7.97. The summed E-state index contributed by atoms with van der Waals surface area (Å²) < 4.78 is 5.37. The van der Waals surface area contributed by atoms with E-state index in [2.05, 4.69) is 10.3 Å². The Labute approximate surface area is 141 Å². The third-order valence-corrected chi connectivity index (χ3v) is 4.69. The Balaban J connectivity index is 1.90. The van der Waals surface area contributed by atoms with Gasteiger partial charge in [-0.1, -0.05) is 18.2 Å². The Hall–Kier alpha value is -2.08. The molecule has 0 bridgehead atoms. The molecule has 1 unspecified atom stereocenters. The Kier molecular flexibility index (Phi) is 5.98. The molecular formula is C17H23N3O2S. The van der Waals surface area contributed by atoms with Crippen LogP contribution >= 0.6 is 11.3 Å². The largest absolute Gasteiger partial charge is 0.496 e. The van der Waals surface area contributed by atoms with Gasteiger partial charge in [-0.15, -0.1) is 11.3 Å². The molecule has 0 saturated heterocycles. The number of aromatic nitrogens is 1. The van der Waals surface area contributed by atoms with Crippen molar-refractivity contribution in [3.8, 4) is 5.75 Å². The standard InChI is InChI=1S/C17H23N3O2S/c1-12(9-14-7-5-6-8-16(14)22-4)20(3)17(21)19-11-15-10-18-13(2)23-15/h5-8,10,12H,9,11H2,1-4H3,(H,19,21). The van der Waals surface area contributed by atoms with E-state index in [-0.39, 0.29) is 12.1 Å². The molecule has 0 saturated carbocycles. The number of methoxy groups -OCH3 is 1. The number of para-hydroxylation sites is 1. The highest BCUT2D eigenvalue weighted by Crippen LogP contribution is 2.20. The molecule has 2 rings (SSSR count). The van der Waals surface area contributed by atoms with Crippen LogP contribution in [0.2, 0.25) is 0 Å². The maximum atomic E-state index is 12.3. The van der Waals surface area contributed by atoms with Crippen molar-refractivity contribution >= 4 is 17.4 Å². The van der Waals surface area contributed by atoms with E-state index < -0.39 is 0 Å². The summed E-state index contributed by atoms with van der Waals surface area (Å²) in [5.41, 5.74) is 1.10. The summed E-state index contributed by atoms with van der Waals surface area (Å²) in [5.74, 6) is 0.855. The number of carbonyl (C=O) groups excluding carboxylic acids is 1. The van der Waals surface area contributed by atoms with Crippen LogP contribution in [-0.2, 0) is 13.0 Å². The fraction of sp³-hybridized carbons (Fsp3) is 0.412. The van der Waals surface area contributed by atoms with Gasteiger partial charge in [-0.25, -0.2) is 9.78 Å². The number of hydrogen-bond donors (Lipinski definition) is 1. The molecule has 23 heavy (non-hydrogen) atoms. The van der Waals surface area contributed by atoms with E-state index in [1.165, 1.54) is 0 Å². The first-order chi connectivity index (χ1) is 11.0. The molecule has 124 valence electrons. The van der Waals surface area contributed by atoms with Gasteiger partial charge in [0.05, 0.1) is 18.7 Å². The van der Waals surface area contributed by atoms with E-state index in [0.717, 1.165) is 27.6 Å². The van der Waals surface area contributed by atoms with Gasteiger partial charge in [0, 0.05) is 24.2 Å². The number of ether oxygens (including phenoxy) is 1. The van der Waals surface area contributed by atoms with Crippen LogP contribution in [0.15, 0.2) is 30.5 Å². The zero-order valence-electron chi connectivity index (χ0n) is 14.0. The number of hydrogen-bond acceptors (Lipinski definition) is 4. The average molecular weight is 333 g/mol. The molecule has 2 amide bonds. The molecule has 0 radical (unpaired) electrons. The lowest BCUT2D eigenvalue weighted by molar-refractivity contribution is 0.193. The third-order valence-electron chi connectivity index (χ3n) is 3.77. The molecule has 1 N–H and O–H groups in total. The second-order valence-corrected chi connectivity index (χ2v) is 6.80. The summed E-state index contributed by atoms with van der Waals surface area (Å²) in [5, 5.41) is 3.94. The number of carbonyl (C=O) groups is 1. The molecule has 2 aromatic rings. The molecule has 5 nitrogen and oxygen atoms in total. The third kappa shape index (κ3) is 4.69. The van der Waals surface area contributed by atoms with Crippen LogP contribution in [0, 0.1) is 6.92 Å². The van der Waals surface area contributed by atoms with E-state index in [9.17, 15) is 4.79 Å². The summed E-state index contributed by atoms with van der Waals surface area (Å²) in [4.78, 5) is 19.2. The molecule has 0 fully saturated rings. The molecule has 1 atom stereocenters. The molecule has 1 aromatic heterocycles. The number of thiazole rings is 1. The Bertz CT molecular complexity index is 657. The van der Waals surface area contributed by atoms with Crippen LogP contribution in [-0.4, -0.2) is 36.1 Å². The molecule has 6 heteroatoms. The maximum Gasteiger partial charge on any atom is 0.317 e. The topological polar surface area (TPSA) is 54.5 Å². The minimum Gasteiger partial charge on any atom is -0.496 e. The van der Waals surface area contributed by atoms with Crippen molar-refractivity contribution in [3.05, 3.63) is 45.9 Å². The predicted molar refractivity (Wildman–Crippen MR) is 93.0 cm³/mol. The van der Waals surface area contributed by atoms with Crippen molar-refractivity contribution in [1.82, 2.24) is 15.2 Å². The fourth-order valence-electron chi connectivity index (χ4n) is 2.30. The minimum absolute atomic E-state index is 0.0643. The van der Waals surface area contributed by atoms with Crippen molar-refractivity contribution in [2.24, 2.45) is 0 Å². The van der Waals surface area contributed by atoms with Gasteiger partial charge in [0.2, 0.25) is 0 Å². The number of amides is 2. The summed E-state index contributed by atoms with van der Waals surface area (Å²) in [6, 6.07) is 7.88. The van der Waals surface area contributed by atoms with E-state index in [1.54, 1.807) is 29.5 Å². The quantitative estimate of drug-likeness (QED) is 0.883. The van der Waals surface area contributed by atoms with Gasteiger partial charge < -0.3 is 15.0 Å². The molecule has 1 heterocycles. The van der Waals surface area contributed by atoms with Gasteiger partial charge in [0.25, 0.3) is 0 Å². The lowest BCUT2D eigenvalue weighted by Crippen LogP contribution is -2.42. The van der Waals surface area contributed by atoms with Crippen LogP contribution in [0.5, 0.6) is 5.75 Å². The van der Waals surface area contributed by atoms with E-state index in [4.69, 9.17) is 4.74 Å². The van der Waals surface area contributed by atoms with Crippen LogP contribution < -0.4 is 10.1 Å². The maximum absolute atomic E-state index is 12.3. The minimum atomic E-state index is -0.0848. The first kappa shape index (κ1) is 17.3. The van der Waals surface area contributed by atoms with Gasteiger partial charge in [0.1, 0.15) is 5.75 Å². The zero-order valence-corrected chi connectivity index (χ0v) is 14.8. The van der Waals surface area contributed by atoms with Crippen LogP contribution in [0.4, 0.5) is 4.79 Å². The molecule has 0 spiro atoms. The number of nitrogens with zero attached hydrogens (tertiary/aromatic N) is 2. The zero-order chi connectivity index (χ0) is 16.8. The van der Waals surface area contributed by atoms with Crippen LogP contribution in [0.3, 0.4) is 0 Å². The normalized spacial score (nSPS) is 11.8. The smallest absolute Gasteiger partial charge is 0.317 e. The van der Waals surface area contributed by atoms with E-state index in [0.29, 0.717) is 6.54 Å². The lowest BCUT2D eigenvalue weighted by atomic mass is 10.1. The summed E-state index contributed by atoms with van der Waals surface area (Å²) in [7, 11) is 3.48. The first-order valence-electron chi connectivity index (χ1n) is 7.55. The van der Waals surface area contributed by atoms with Crippen molar-refractivity contribution < 1.29 is 9.53 Å². The second-order valence-electron chi connectivity index (χ2n) is 5.48. The number of rotatable bonds is 6. The summed E-state index contributed by atoms with van der Waals surface area (Å²) >= 11 is 1.60. The predicted octanol–water partition coefficient (Wildman–Crippen LogP) is 3.23. The fourth-order valence-corrected chi connectivity index (χ4v) is 3.04. The molecular weight excluding hydrogens is 310 g/mol. The highest BCUT2D eigenvalue weighted by molar-refractivity contribution is 7.11. The summed E-state index contributed by atoms with van der Waals surface area (Å²) in [6.45, 7) is 4.50. The highest BCUT2D eigenvalue weighted by Gasteiger charge is 2.17. The van der Waals surface area contributed by atoms with Gasteiger partial charge in [-0.2, -0.15) is 0 Å². The van der Waals surface area contributed by atoms with E-state index >= 15 is 0 Å². The van der Waals surface area contributed by atoms with Gasteiger partial charge in [-0.3, -0.25) is 0 Å². The summed E-state index contributed by atoms with van der Waals surface area (Å²) in [6.07, 6.45) is 2.55. The van der Waals surface area contributed by atoms with E-state index in [1.807, 2.05) is 45.2 Å².